The van der Waals surface area contributed by atoms with Crippen LogP contribution in [0.1, 0.15) is 56.4 Å². The fourth-order valence-electron chi connectivity index (χ4n) is 5.10. The van der Waals surface area contributed by atoms with E-state index >= 15 is 0 Å². The summed E-state index contributed by atoms with van der Waals surface area (Å²) in [5.41, 5.74) is 4.36. The van der Waals surface area contributed by atoms with Crippen molar-refractivity contribution >= 4 is 0 Å². The van der Waals surface area contributed by atoms with E-state index in [1.54, 1.807) is 0 Å². The Balaban J connectivity index is 1.29. The van der Waals surface area contributed by atoms with Gasteiger partial charge in [0.25, 0.3) is 0 Å². The zero-order valence-electron chi connectivity index (χ0n) is 14.1. The van der Waals surface area contributed by atoms with Crippen molar-refractivity contribution in [3.05, 3.63) is 71.8 Å². The minimum absolute atomic E-state index is 0.554. The van der Waals surface area contributed by atoms with Crippen molar-refractivity contribution in [2.24, 2.45) is 17.8 Å². The summed E-state index contributed by atoms with van der Waals surface area (Å²) in [5, 5.41) is 0. The van der Waals surface area contributed by atoms with Crippen molar-refractivity contribution < 1.29 is 0 Å². The maximum absolute atomic E-state index is 4.40. The number of rotatable bonds is 5. The molecule has 120 valence electrons. The van der Waals surface area contributed by atoms with Gasteiger partial charge in [-0.2, -0.15) is 0 Å². The summed E-state index contributed by atoms with van der Waals surface area (Å²) in [4.78, 5) is 0. The van der Waals surface area contributed by atoms with E-state index in [-0.39, 0.29) is 0 Å². The lowest BCUT2D eigenvalue weighted by molar-refractivity contribution is 0.330. The highest BCUT2D eigenvalue weighted by Gasteiger charge is 2.39. The van der Waals surface area contributed by atoms with Gasteiger partial charge in [0.05, 0.1) is 0 Å². The predicted octanol–water partition coefficient (Wildman–Crippen LogP) is 6.43. The number of hydrogen-bond acceptors (Lipinski definition) is 0. The molecule has 0 aromatic heterocycles. The predicted molar refractivity (Wildman–Crippen MR) is 98.3 cm³/mol. The SMILES string of the molecule is C=C(CC1=CCC(c2ccccc2)C=C1)CC1CC2CCC1C2. The zero-order valence-corrected chi connectivity index (χ0v) is 14.1. The van der Waals surface area contributed by atoms with Crippen molar-refractivity contribution in [2.45, 2.75) is 50.9 Å². The molecule has 0 radical (unpaired) electrons. The van der Waals surface area contributed by atoms with E-state index in [4.69, 9.17) is 0 Å². The molecule has 0 amide bonds. The van der Waals surface area contributed by atoms with E-state index in [1.165, 1.54) is 48.8 Å². The van der Waals surface area contributed by atoms with Gasteiger partial charge in [0.15, 0.2) is 0 Å². The fraction of sp³-hybridized carbons (Fsp3) is 0.478. The molecule has 3 aliphatic rings. The third kappa shape index (κ3) is 3.37. The molecular weight excluding hydrogens is 276 g/mol. The highest BCUT2D eigenvalue weighted by Crippen LogP contribution is 2.50. The van der Waals surface area contributed by atoms with E-state index in [1.807, 2.05) is 0 Å². The van der Waals surface area contributed by atoms with Gasteiger partial charge in [-0.05, 0) is 67.4 Å². The molecule has 0 N–H and O–H groups in total. The number of allylic oxidation sites excluding steroid dienone is 5. The number of benzene rings is 1. The summed E-state index contributed by atoms with van der Waals surface area (Å²) in [6.45, 7) is 4.40. The third-order valence-corrected chi connectivity index (χ3v) is 6.29. The molecule has 0 aliphatic heterocycles. The maximum atomic E-state index is 4.40. The van der Waals surface area contributed by atoms with Gasteiger partial charge >= 0.3 is 0 Å². The van der Waals surface area contributed by atoms with Crippen molar-refractivity contribution in [1.29, 1.82) is 0 Å². The Kier molecular flexibility index (Phi) is 4.25. The van der Waals surface area contributed by atoms with Gasteiger partial charge in [-0.3, -0.25) is 0 Å². The Morgan fingerprint density at radius 2 is 1.96 bits per heavy atom. The van der Waals surface area contributed by atoms with Gasteiger partial charge in [-0.1, -0.05) is 67.1 Å². The Labute approximate surface area is 141 Å². The van der Waals surface area contributed by atoms with Crippen LogP contribution in [-0.2, 0) is 0 Å². The zero-order chi connectivity index (χ0) is 15.6. The summed E-state index contributed by atoms with van der Waals surface area (Å²) >= 11 is 0. The Hall–Kier alpha value is -1.56. The van der Waals surface area contributed by atoms with Gasteiger partial charge in [0.1, 0.15) is 0 Å². The molecule has 0 saturated heterocycles. The molecule has 3 aliphatic carbocycles. The monoisotopic (exact) mass is 304 g/mol. The molecule has 0 heteroatoms. The van der Waals surface area contributed by atoms with Crippen LogP contribution >= 0.6 is 0 Å². The fourth-order valence-corrected chi connectivity index (χ4v) is 5.10. The van der Waals surface area contributed by atoms with Crippen LogP contribution in [0.25, 0.3) is 0 Å². The molecule has 2 saturated carbocycles. The molecule has 4 atom stereocenters. The summed E-state index contributed by atoms with van der Waals surface area (Å²) in [6, 6.07) is 10.8. The molecule has 1 aromatic rings. The van der Waals surface area contributed by atoms with Crippen LogP contribution in [0.2, 0.25) is 0 Å². The van der Waals surface area contributed by atoms with Crippen LogP contribution in [0.3, 0.4) is 0 Å². The van der Waals surface area contributed by atoms with E-state index < -0.39 is 0 Å². The first-order valence-corrected chi connectivity index (χ1v) is 9.37. The quantitative estimate of drug-likeness (QED) is 0.550. The van der Waals surface area contributed by atoms with E-state index in [0.29, 0.717) is 5.92 Å². The number of hydrogen-bond donors (Lipinski definition) is 0. The minimum atomic E-state index is 0.554. The largest absolute Gasteiger partial charge is 0.0995 e. The van der Waals surface area contributed by atoms with Gasteiger partial charge in [-0.15, -0.1) is 0 Å². The van der Waals surface area contributed by atoms with E-state index in [9.17, 15) is 0 Å². The third-order valence-electron chi connectivity index (χ3n) is 6.29. The Morgan fingerprint density at radius 1 is 1.09 bits per heavy atom. The van der Waals surface area contributed by atoms with Crippen LogP contribution in [0.15, 0.2) is 66.3 Å². The average Bonchev–Trinajstić information content (AvgIpc) is 3.19. The lowest BCUT2D eigenvalue weighted by Gasteiger charge is -2.23. The summed E-state index contributed by atoms with van der Waals surface area (Å²) < 4.78 is 0. The Morgan fingerprint density at radius 3 is 2.61 bits per heavy atom. The second-order valence-corrected chi connectivity index (χ2v) is 7.96. The van der Waals surface area contributed by atoms with Crippen molar-refractivity contribution in [1.82, 2.24) is 0 Å². The molecule has 23 heavy (non-hydrogen) atoms. The molecule has 0 nitrogen and oxygen atoms in total. The van der Waals surface area contributed by atoms with Crippen molar-refractivity contribution in [2.75, 3.05) is 0 Å². The van der Waals surface area contributed by atoms with Crippen LogP contribution in [0.4, 0.5) is 0 Å². The minimum Gasteiger partial charge on any atom is -0.0995 e. The molecule has 0 heterocycles. The van der Waals surface area contributed by atoms with Gasteiger partial charge in [0.2, 0.25) is 0 Å². The van der Waals surface area contributed by atoms with Crippen molar-refractivity contribution in [3.8, 4) is 0 Å². The molecule has 4 unspecified atom stereocenters. The second kappa shape index (κ2) is 6.51. The van der Waals surface area contributed by atoms with Gasteiger partial charge < -0.3 is 0 Å². The summed E-state index contributed by atoms with van der Waals surface area (Å²) in [6.07, 6.45) is 16.6. The lowest BCUT2D eigenvalue weighted by Crippen LogP contribution is -2.11. The lowest BCUT2D eigenvalue weighted by atomic mass is 9.82. The second-order valence-electron chi connectivity index (χ2n) is 7.96. The topological polar surface area (TPSA) is 0 Å². The standard InChI is InChI=1S/C23H28/c1-17(14-23-16-19-9-12-22(23)15-19)13-18-7-10-21(11-8-18)20-5-3-2-4-6-20/h2-8,10,19,21-23H,1,9,11-16H2. The molecule has 0 spiro atoms. The van der Waals surface area contributed by atoms with E-state index in [2.05, 4.69) is 55.1 Å². The molecule has 4 rings (SSSR count). The van der Waals surface area contributed by atoms with Crippen LogP contribution < -0.4 is 0 Å². The Bertz CT molecular complexity index is 619. The van der Waals surface area contributed by atoms with E-state index in [0.717, 1.165) is 30.6 Å². The summed E-state index contributed by atoms with van der Waals surface area (Å²) in [5.74, 6) is 3.58. The molecule has 1 aromatic carbocycles. The van der Waals surface area contributed by atoms with Gasteiger partial charge in [0, 0.05) is 5.92 Å². The molecule has 2 bridgehead atoms. The number of fused-ring (bicyclic) bond motifs is 2. The van der Waals surface area contributed by atoms with Crippen LogP contribution in [0, 0.1) is 17.8 Å². The maximum Gasteiger partial charge on any atom is 0.00559 e. The van der Waals surface area contributed by atoms with Crippen LogP contribution in [-0.4, -0.2) is 0 Å². The highest BCUT2D eigenvalue weighted by atomic mass is 14.4. The molecular formula is C23H28. The normalized spacial score (nSPS) is 32.1. The van der Waals surface area contributed by atoms with Crippen LogP contribution in [0.5, 0.6) is 0 Å². The first kappa shape index (κ1) is 15.0. The average molecular weight is 304 g/mol. The van der Waals surface area contributed by atoms with Crippen molar-refractivity contribution in [3.63, 3.8) is 0 Å². The first-order chi connectivity index (χ1) is 11.3. The highest BCUT2D eigenvalue weighted by molar-refractivity contribution is 5.34. The van der Waals surface area contributed by atoms with Gasteiger partial charge in [-0.25, -0.2) is 0 Å². The smallest absolute Gasteiger partial charge is 0.00559 e. The first-order valence-electron chi connectivity index (χ1n) is 9.37. The summed E-state index contributed by atoms with van der Waals surface area (Å²) in [7, 11) is 0. The molecule has 2 fully saturated rings.